The topological polar surface area (TPSA) is 62.2 Å². The summed E-state index contributed by atoms with van der Waals surface area (Å²) in [7, 11) is 3.80. The second kappa shape index (κ2) is 6.90. The van der Waals surface area contributed by atoms with Crippen LogP contribution in [-0.4, -0.2) is 46.6 Å². The van der Waals surface area contributed by atoms with Crippen LogP contribution in [0.5, 0.6) is 0 Å². The van der Waals surface area contributed by atoms with E-state index in [1.165, 1.54) is 18.3 Å². The first-order valence-electron chi connectivity index (χ1n) is 7.96. The van der Waals surface area contributed by atoms with E-state index in [2.05, 4.69) is 15.2 Å². The van der Waals surface area contributed by atoms with E-state index in [0.29, 0.717) is 6.54 Å². The molecule has 1 aliphatic heterocycles. The summed E-state index contributed by atoms with van der Waals surface area (Å²) >= 11 is 0. The molecule has 24 heavy (non-hydrogen) atoms. The summed E-state index contributed by atoms with van der Waals surface area (Å²) in [5.74, 6) is 0.190. The molecule has 0 saturated carbocycles. The summed E-state index contributed by atoms with van der Waals surface area (Å²) < 4.78 is 13.7. The fourth-order valence-electron chi connectivity index (χ4n) is 2.92. The van der Waals surface area contributed by atoms with E-state index in [9.17, 15) is 9.18 Å². The lowest BCUT2D eigenvalue weighted by Crippen LogP contribution is -2.32. The number of aromatic nitrogens is 3. The van der Waals surface area contributed by atoms with Gasteiger partial charge in [0, 0.05) is 26.8 Å². The van der Waals surface area contributed by atoms with E-state index in [1.54, 1.807) is 4.90 Å². The lowest BCUT2D eigenvalue weighted by molar-refractivity contribution is -0.131. The van der Waals surface area contributed by atoms with Crippen LogP contribution in [0.2, 0.25) is 0 Å². The van der Waals surface area contributed by atoms with Crippen LogP contribution in [0.1, 0.15) is 30.3 Å². The summed E-state index contributed by atoms with van der Waals surface area (Å²) in [6.45, 7) is 0.648. The van der Waals surface area contributed by atoms with Gasteiger partial charge in [-0.3, -0.25) is 9.78 Å². The van der Waals surface area contributed by atoms with Gasteiger partial charge in [-0.15, -0.1) is 5.10 Å². The van der Waals surface area contributed by atoms with Crippen LogP contribution in [-0.2, 0) is 11.2 Å². The molecule has 1 aliphatic rings. The zero-order chi connectivity index (χ0) is 17.1. The lowest BCUT2D eigenvalue weighted by atomic mass is 10.1. The molecule has 0 radical (unpaired) electrons. The Labute approximate surface area is 140 Å². The Balaban J connectivity index is 1.75. The molecule has 1 fully saturated rings. The van der Waals surface area contributed by atoms with Crippen molar-refractivity contribution in [3.8, 4) is 0 Å². The molecular weight excluding hydrogens is 309 g/mol. The minimum atomic E-state index is -0.447. The third-order valence-electron chi connectivity index (χ3n) is 4.20. The van der Waals surface area contributed by atoms with Gasteiger partial charge < -0.3 is 9.80 Å². The van der Waals surface area contributed by atoms with Gasteiger partial charge in [-0.1, -0.05) is 0 Å². The molecular formula is C17H20FN5O. The third-order valence-corrected chi connectivity index (χ3v) is 4.20. The number of halogens is 1. The van der Waals surface area contributed by atoms with Crippen molar-refractivity contribution in [2.75, 3.05) is 25.5 Å². The minimum absolute atomic E-state index is 0.0353. The normalized spacial score (nSPS) is 17.1. The summed E-state index contributed by atoms with van der Waals surface area (Å²) in [5, 5.41) is 8.44. The van der Waals surface area contributed by atoms with Crippen molar-refractivity contribution in [3.05, 3.63) is 47.7 Å². The predicted molar refractivity (Wildman–Crippen MR) is 87.9 cm³/mol. The predicted octanol–water partition coefficient (Wildman–Crippen LogP) is 1.98. The van der Waals surface area contributed by atoms with Gasteiger partial charge >= 0.3 is 0 Å². The highest BCUT2D eigenvalue weighted by Gasteiger charge is 2.31. The maximum atomic E-state index is 13.7. The first kappa shape index (κ1) is 16.3. The molecule has 0 spiro atoms. The Hall–Kier alpha value is -2.57. The Bertz CT molecular complexity index is 719. The molecule has 6 nitrogen and oxygen atoms in total. The molecule has 7 heteroatoms. The largest absolute Gasteiger partial charge is 0.361 e. The van der Waals surface area contributed by atoms with E-state index in [1.807, 2.05) is 31.1 Å². The number of carbonyl (C=O) groups is 1. The lowest BCUT2D eigenvalue weighted by Gasteiger charge is -2.24. The van der Waals surface area contributed by atoms with E-state index in [0.717, 1.165) is 24.4 Å². The van der Waals surface area contributed by atoms with Gasteiger partial charge in [-0.05, 0) is 37.1 Å². The van der Waals surface area contributed by atoms with Gasteiger partial charge in [-0.25, -0.2) is 4.39 Å². The summed E-state index contributed by atoms with van der Waals surface area (Å²) in [4.78, 5) is 20.2. The van der Waals surface area contributed by atoms with Gasteiger partial charge in [0.05, 0.1) is 23.9 Å². The van der Waals surface area contributed by atoms with Crippen LogP contribution < -0.4 is 4.90 Å². The van der Waals surface area contributed by atoms with Gasteiger partial charge in [-0.2, -0.15) is 5.10 Å². The number of amides is 1. The highest BCUT2D eigenvalue weighted by Crippen LogP contribution is 2.31. The Morgan fingerprint density at radius 2 is 2.17 bits per heavy atom. The quantitative estimate of drug-likeness (QED) is 0.858. The average molecular weight is 329 g/mol. The van der Waals surface area contributed by atoms with Crippen molar-refractivity contribution < 1.29 is 9.18 Å². The highest BCUT2D eigenvalue weighted by atomic mass is 19.1. The zero-order valence-corrected chi connectivity index (χ0v) is 13.8. The monoisotopic (exact) mass is 329 g/mol. The van der Waals surface area contributed by atoms with Crippen LogP contribution in [0.15, 0.2) is 30.5 Å². The first-order valence-corrected chi connectivity index (χ1v) is 7.96. The van der Waals surface area contributed by atoms with Crippen molar-refractivity contribution in [2.24, 2.45) is 0 Å². The Kier molecular flexibility index (Phi) is 4.69. The molecule has 1 unspecified atom stereocenters. The van der Waals surface area contributed by atoms with Crippen molar-refractivity contribution in [1.29, 1.82) is 0 Å². The molecule has 0 N–H and O–H groups in total. The fraction of sp³-hybridized carbons (Fsp3) is 0.412. The van der Waals surface area contributed by atoms with Crippen molar-refractivity contribution >= 4 is 11.7 Å². The standard InChI is InChI=1S/C17H20FN5O/c1-22(2)16-8-7-13(20-21-16)15-6-4-10-23(15)17(24)11-14-12(18)5-3-9-19-14/h3,5,7-9,15H,4,6,10-11H2,1-2H3. The molecule has 0 aromatic carbocycles. The summed E-state index contributed by atoms with van der Waals surface area (Å²) in [6, 6.07) is 6.53. The van der Waals surface area contributed by atoms with E-state index >= 15 is 0 Å². The second-order valence-corrected chi connectivity index (χ2v) is 6.06. The summed E-state index contributed by atoms with van der Waals surface area (Å²) in [5.41, 5.74) is 0.954. The molecule has 0 aliphatic carbocycles. The van der Waals surface area contributed by atoms with E-state index in [-0.39, 0.29) is 24.1 Å². The van der Waals surface area contributed by atoms with Crippen LogP contribution in [0, 0.1) is 5.82 Å². The third kappa shape index (κ3) is 3.34. The number of rotatable bonds is 4. The van der Waals surface area contributed by atoms with Crippen LogP contribution in [0.3, 0.4) is 0 Å². The number of likely N-dealkylation sites (tertiary alicyclic amines) is 1. The first-order chi connectivity index (χ1) is 11.6. The number of anilines is 1. The van der Waals surface area contributed by atoms with Gasteiger partial charge in [0.2, 0.25) is 5.91 Å². The molecule has 2 aromatic rings. The van der Waals surface area contributed by atoms with Crippen molar-refractivity contribution in [3.63, 3.8) is 0 Å². The SMILES string of the molecule is CN(C)c1ccc(C2CCCN2C(=O)Cc2ncccc2F)nn1. The highest BCUT2D eigenvalue weighted by molar-refractivity contribution is 5.79. The molecule has 1 atom stereocenters. The minimum Gasteiger partial charge on any atom is -0.361 e. The number of pyridine rings is 1. The van der Waals surface area contributed by atoms with Crippen molar-refractivity contribution in [2.45, 2.75) is 25.3 Å². The second-order valence-electron chi connectivity index (χ2n) is 6.06. The van der Waals surface area contributed by atoms with Crippen LogP contribution in [0.25, 0.3) is 0 Å². The Morgan fingerprint density at radius 3 is 2.83 bits per heavy atom. The molecule has 1 saturated heterocycles. The number of hydrogen-bond acceptors (Lipinski definition) is 5. The zero-order valence-electron chi connectivity index (χ0n) is 13.8. The van der Waals surface area contributed by atoms with Crippen LogP contribution in [0.4, 0.5) is 10.2 Å². The molecule has 126 valence electrons. The maximum Gasteiger partial charge on any atom is 0.229 e. The smallest absolute Gasteiger partial charge is 0.229 e. The van der Waals surface area contributed by atoms with Gasteiger partial charge in [0.15, 0.2) is 5.82 Å². The Morgan fingerprint density at radius 1 is 1.33 bits per heavy atom. The van der Waals surface area contributed by atoms with Gasteiger partial charge in [0.1, 0.15) is 5.82 Å². The van der Waals surface area contributed by atoms with E-state index in [4.69, 9.17) is 0 Å². The average Bonchev–Trinajstić information content (AvgIpc) is 3.07. The van der Waals surface area contributed by atoms with E-state index < -0.39 is 5.82 Å². The molecule has 0 bridgehead atoms. The summed E-state index contributed by atoms with van der Waals surface area (Å²) in [6.07, 6.45) is 3.20. The van der Waals surface area contributed by atoms with Crippen LogP contribution >= 0.6 is 0 Å². The fourth-order valence-corrected chi connectivity index (χ4v) is 2.92. The molecule has 2 aromatic heterocycles. The van der Waals surface area contributed by atoms with Crippen molar-refractivity contribution in [1.82, 2.24) is 20.1 Å². The molecule has 1 amide bonds. The maximum absolute atomic E-state index is 13.7. The molecule has 3 rings (SSSR count). The number of hydrogen-bond donors (Lipinski definition) is 0. The number of nitrogens with zero attached hydrogens (tertiary/aromatic N) is 5. The van der Waals surface area contributed by atoms with Gasteiger partial charge in [0.25, 0.3) is 0 Å². The molecule has 3 heterocycles. The number of carbonyl (C=O) groups excluding carboxylic acids is 1.